The Kier molecular flexibility index (Phi) is 5.32. The van der Waals surface area contributed by atoms with Crippen molar-refractivity contribution in [3.05, 3.63) is 28.8 Å². The van der Waals surface area contributed by atoms with Crippen LogP contribution in [0, 0.1) is 20.8 Å². The van der Waals surface area contributed by atoms with Gasteiger partial charge in [0.25, 0.3) is 5.91 Å². The lowest BCUT2D eigenvalue weighted by Gasteiger charge is -2.12. The summed E-state index contributed by atoms with van der Waals surface area (Å²) in [5, 5.41) is 0. The van der Waals surface area contributed by atoms with E-state index in [-0.39, 0.29) is 13.2 Å². The first kappa shape index (κ1) is 15.0. The molecule has 1 aromatic carbocycles. The van der Waals surface area contributed by atoms with Crippen molar-refractivity contribution in [2.75, 3.05) is 13.2 Å². The summed E-state index contributed by atoms with van der Waals surface area (Å²) in [6.45, 7) is 5.26. The van der Waals surface area contributed by atoms with E-state index >= 15 is 0 Å². The van der Waals surface area contributed by atoms with Crippen LogP contribution < -0.4 is 16.0 Å². The van der Waals surface area contributed by atoms with Crippen LogP contribution in [0.25, 0.3) is 0 Å². The Morgan fingerprint density at radius 2 is 1.74 bits per heavy atom. The number of primary amides is 1. The Hall–Kier alpha value is -2.08. The lowest BCUT2D eigenvalue weighted by Crippen LogP contribution is -2.32. The monoisotopic (exact) mass is 266 g/mol. The quantitative estimate of drug-likeness (QED) is 0.734. The molecule has 0 saturated heterocycles. The molecule has 0 unspecified atom stereocenters. The van der Waals surface area contributed by atoms with Gasteiger partial charge in [0, 0.05) is 0 Å². The third kappa shape index (κ3) is 4.97. The number of rotatable bonds is 6. The second-order valence-corrected chi connectivity index (χ2v) is 4.30. The van der Waals surface area contributed by atoms with Crippen LogP contribution in [-0.4, -0.2) is 25.0 Å². The summed E-state index contributed by atoms with van der Waals surface area (Å²) in [5.74, 6) is -0.470. The molecule has 19 heavy (non-hydrogen) atoms. The van der Waals surface area contributed by atoms with Crippen LogP contribution in [0.2, 0.25) is 0 Å². The molecule has 1 rings (SSSR count). The number of carbonyl (C=O) groups is 2. The van der Waals surface area contributed by atoms with Crippen molar-refractivity contribution in [3.8, 4) is 5.75 Å². The zero-order valence-electron chi connectivity index (χ0n) is 11.3. The number of ether oxygens (including phenoxy) is 1. The summed E-state index contributed by atoms with van der Waals surface area (Å²) in [6, 6.07) is 3.95. The topological polar surface area (TPSA) is 90.7 Å². The van der Waals surface area contributed by atoms with Crippen molar-refractivity contribution >= 4 is 11.8 Å². The van der Waals surface area contributed by atoms with Gasteiger partial charge in [0.15, 0.2) is 13.2 Å². The normalized spacial score (nSPS) is 10.1. The summed E-state index contributed by atoms with van der Waals surface area (Å²) >= 11 is 0. The summed E-state index contributed by atoms with van der Waals surface area (Å²) in [4.78, 5) is 26.3. The zero-order valence-corrected chi connectivity index (χ0v) is 11.3. The number of carbonyl (C=O) groups excluding carboxylic acids is 2. The maximum atomic E-state index is 11.4. The van der Waals surface area contributed by atoms with Gasteiger partial charge in [-0.3, -0.25) is 14.4 Å². The van der Waals surface area contributed by atoms with E-state index in [1.807, 2.05) is 32.9 Å². The molecule has 0 radical (unpaired) electrons. The highest BCUT2D eigenvalue weighted by molar-refractivity contribution is 5.77. The molecular weight excluding hydrogens is 248 g/mol. The Bertz CT molecular complexity index is 463. The molecule has 0 atom stereocenters. The third-order valence-corrected chi connectivity index (χ3v) is 2.35. The Morgan fingerprint density at radius 1 is 1.16 bits per heavy atom. The maximum absolute atomic E-state index is 11.4. The van der Waals surface area contributed by atoms with Crippen molar-refractivity contribution in [1.29, 1.82) is 0 Å². The minimum absolute atomic E-state index is 0.191. The number of hydrogen-bond donors (Lipinski definition) is 2. The molecule has 0 aliphatic heterocycles. The van der Waals surface area contributed by atoms with Gasteiger partial charge in [-0.1, -0.05) is 17.7 Å². The first-order chi connectivity index (χ1) is 8.90. The minimum atomic E-state index is -0.661. The van der Waals surface area contributed by atoms with E-state index in [0.717, 1.165) is 16.7 Å². The average Bonchev–Trinajstić information content (AvgIpc) is 2.26. The molecule has 0 bridgehead atoms. The fourth-order valence-electron chi connectivity index (χ4n) is 1.75. The average molecular weight is 266 g/mol. The van der Waals surface area contributed by atoms with Crippen molar-refractivity contribution in [2.45, 2.75) is 20.8 Å². The number of amides is 2. The highest BCUT2D eigenvalue weighted by Crippen LogP contribution is 2.24. The van der Waals surface area contributed by atoms with E-state index in [4.69, 9.17) is 10.5 Å². The van der Waals surface area contributed by atoms with Gasteiger partial charge in [0.1, 0.15) is 5.75 Å². The summed E-state index contributed by atoms with van der Waals surface area (Å²) in [5.41, 5.74) is 9.98. The van der Waals surface area contributed by atoms with Crippen LogP contribution in [0.1, 0.15) is 16.7 Å². The molecule has 0 spiro atoms. The second kappa shape index (κ2) is 6.75. The number of hydrogen-bond acceptors (Lipinski definition) is 4. The molecular formula is C13H18N2O4. The molecule has 3 N–H and O–H groups in total. The Labute approximate surface area is 111 Å². The number of benzene rings is 1. The Morgan fingerprint density at radius 3 is 2.26 bits per heavy atom. The zero-order chi connectivity index (χ0) is 14.4. The fourth-order valence-corrected chi connectivity index (χ4v) is 1.75. The minimum Gasteiger partial charge on any atom is -0.483 e. The predicted molar refractivity (Wildman–Crippen MR) is 69.4 cm³/mol. The molecule has 2 amide bonds. The van der Waals surface area contributed by atoms with Gasteiger partial charge in [-0.05, 0) is 31.9 Å². The van der Waals surface area contributed by atoms with Crippen molar-refractivity contribution in [3.63, 3.8) is 0 Å². The number of nitrogens with two attached hydrogens (primary N) is 1. The highest BCUT2D eigenvalue weighted by atomic mass is 16.7. The first-order valence-electron chi connectivity index (χ1n) is 5.79. The number of aryl methyl sites for hydroxylation is 3. The molecule has 6 nitrogen and oxygen atoms in total. The van der Waals surface area contributed by atoms with Gasteiger partial charge < -0.3 is 10.5 Å². The number of hydroxylamine groups is 1. The molecule has 1 aromatic rings. The van der Waals surface area contributed by atoms with Crippen LogP contribution in [0.5, 0.6) is 5.75 Å². The lowest BCUT2D eigenvalue weighted by atomic mass is 10.1. The van der Waals surface area contributed by atoms with Crippen LogP contribution in [0.4, 0.5) is 0 Å². The van der Waals surface area contributed by atoms with Crippen LogP contribution in [0.15, 0.2) is 12.1 Å². The molecule has 0 aliphatic carbocycles. The molecule has 0 fully saturated rings. The van der Waals surface area contributed by atoms with Crippen molar-refractivity contribution < 1.29 is 19.2 Å². The standard InChI is InChI=1S/C13H18N2O4/c1-8-4-9(2)13(10(3)5-8)18-7-12(17)15-19-6-11(14)16/h4-5H,6-7H2,1-3H3,(H2,14,16)(H,15,17). The van der Waals surface area contributed by atoms with Crippen LogP contribution in [-0.2, 0) is 14.4 Å². The molecule has 0 aromatic heterocycles. The van der Waals surface area contributed by atoms with Gasteiger partial charge in [-0.25, -0.2) is 5.48 Å². The van der Waals surface area contributed by atoms with Gasteiger partial charge in [-0.2, -0.15) is 0 Å². The fraction of sp³-hybridized carbons (Fsp3) is 0.385. The van der Waals surface area contributed by atoms with Gasteiger partial charge in [0.05, 0.1) is 0 Å². The summed E-state index contributed by atoms with van der Waals surface area (Å²) in [6.07, 6.45) is 0. The van der Waals surface area contributed by atoms with Crippen molar-refractivity contribution in [2.24, 2.45) is 5.73 Å². The van der Waals surface area contributed by atoms with E-state index in [0.29, 0.717) is 5.75 Å². The molecule has 0 heterocycles. The summed E-state index contributed by atoms with van der Waals surface area (Å²) in [7, 11) is 0. The van der Waals surface area contributed by atoms with Gasteiger partial charge >= 0.3 is 0 Å². The van der Waals surface area contributed by atoms with Crippen molar-refractivity contribution in [1.82, 2.24) is 5.48 Å². The molecule has 104 valence electrons. The molecule has 0 aliphatic rings. The SMILES string of the molecule is Cc1cc(C)c(OCC(=O)NOCC(N)=O)c(C)c1. The van der Waals surface area contributed by atoms with Crippen LogP contribution in [0.3, 0.4) is 0 Å². The largest absolute Gasteiger partial charge is 0.483 e. The molecule has 0 saturated carbocycles. The number of nitrogens with one attached hydrogen (secondary N) is 1. The highest BCUT2D eigenvalue weighted by Gasteiger charge is 2.08. The van der Waals surface area contributed by atoms with E-state index in [2.05, 4.69) is 10.3 Å². The smallest absolute Gasteiger partial charge is 0.281 e. The van der Waals surface area contributed by atoms with E-state index < -0.39 is 11.8 Å². The lowest BCUT2D eigenvalue weighted by molar-refractivity contribution is -0.139. The van der Waals surface area contributed by atoms with E-state index in [1.165, 1.54) is 0 Å². The summed E-state index contributed by atoms with van der Waals surface area (Å²) < 4.78 is 5.43. The van der Waals surface area contributed by atoms with Crippen LogP contribution >= 0.6 is 0 Å². The first-order valence-corrected chi connectivity index (χ1v) is 5.79. The van der Waals surface area contributed by atoms with Gasteiger partial charge in [-0.15, -0.1) is 0 Å². The second-order valence-electron chi connectivity index (χ2n) is 4.30. The third-order valence-electron chi connectivity index (χ3n) is 2.35. The Balaban J connectivity index is 2.48. The van der Waals surface area contributed by atoms with E-state index in [9.17, 15) is 9.59 Å². The maximum Gasteiger partial charge on any atom is 0.281 e. The predicted octanol–water partition coefficient (Wildman–Crippen LogP) is 0.524. The van der Waals surface area contributed by atoms with Gasteiger partial charge in [0.2, 0.25) is 5.91 Å². The molecule has 6 heteroatoms. The van der Waals surface area contributed by atoms with E-state index in [1.54, 1.807) is 0 Å².